The van der Waals surface area contributed by atoms with E-state index in [2.05, 4.69) is 5.32 Å². The maximum Gasteiger partial charge on any atom is 0.314 e. The van der Waals surface area contributed by atoms with E-state index >= 15 is 0 Å². The van der Waals surface area contributed by atoms with Crippen molar-refractivity contribution in [3.05, 3.63) is 29.8 Å². The number of benzene rings is 1. The summed E-state index contributed by atoms with van der Waals surface area (Å²) in [6.45, 7) is 1.93. The molecule has 1 amide bonds. The van der Waals surface area contributed by atoms with Crippen LogP contribution in [0, 0.1) is 6.92 Å². The van der Waals surface area contributed by atoms with Gasteiger partial charge in [-0.2, -0.15) is 0 Å². The molecule has 2 heteroatoms. The molecular formula is C8H8NO. The lowest BCUT2D eigenvalue weighted by molar-refractivity contribution is 0.561. The van der Waals surface area contributed by atoms with E-state index in [0.717, 1.165) is 11.3 Å². The molecule has 1 aromatic carbocycles. The molecule has 0 aliphatic heterocycles. The van der Waals surface area contributed by atoms with Gasteiger partial charge in [0.1, 0.15) is 0 Å². The average molecular weight is 134 g/mol. The van der Waals surface area contributed by atoms with E-state index in [1.54, 1.807) is 6.41 Å². The van der Waals surface area contributed by atoms with Crippen molar-refractivity contribution in [3.63, 3.8) is 0 Å². The third-order valence-corrected chi connectivity index (χ3v) is 1.33. The van der Waals surface area contributed by atoms with Crippen molar-refractivity contribution in [2.75, 3.05) is 5.32 Å². The molecule has 1 aromatic rings. The summed E-state index contributed by atoms with van der Waals surface area (Å²) in [5.74, 6) is 0. The lowest BCUT2D eigenvalue weighted by atomic mass is 10.2. The van der Waals surface area contributed by atoms with Crippen LogP contribution in [0.15, 0.2) is 24.3 Å². The lowest BCUT2D eigenvalue weighted by Gasteiger charge is -1.99. The van der Waals surface area contributed by atoms with Gasteiger partial charge in [0.25, 0.3) is 0 Å². The Balaban J connectivity index is 2.91. The second-order valence-corrected chi connectivity index (χ2v) is 2.04. The Bertz CT molecular complexity index is 232. The van der Waals surface area contributed by atoms with Gasteiger partial charge >= 0.3 is 6.41 Å². The van der Waals surface area contributed by atoms with Gasteiger partial charge in [0.05, 0.1) is 0 Å². The number of carbonyl (C=O) groups excluding carboxylic acids is 1. The molecule has 1 radical (unpaired) electrons. The van der Waals surface area contributed by atoms with Crippen LogP contribution in [0.3, 0.4) is 0 Å². The fraction of sp³-hybridized carbons (Fsp3) is 0.125. The van der Waals surface area contributed by atoms with Gasteiger partial charge in [-0.1, -0.05) is 18.2 Å². The SMILES string of the molecule is Cc1ccccc1N[C]=O. The number of amides is 1. The maximum absolute atomic E-state index is 9.89. The Morgan fingerprint density at radius 2 is 2.10 bits per heavy atom. The van der Waals surface area contributed by atoms with Crippen LogP contribution >= 0.6 is 0 Å². The zero-order valence-corrected chi connectivity index (χ0v) is 5.72. The second kappa shape index (κ2) is 3.01. The first-order valence-corrected chi connectivity index (χ1v) is 3.03. The highest BCUT2D eigenvalue weighted by Crippen LogP contribution is 2.11. The summed E-state index contributed by atoms with van der Waals surface area (Å²) in [6, 6.07) is 7.55. The van der Waals surface area contributed by atoms with Crippen molar-refractivity contribution >= 4 is 12.1 Å². The molecule has 1 N–H and O–H groups in total. The molecule has 0 aliphatic carbocycles. The number of hydrogen-bond donors (Lipinski definition) is 1. The van der Waals surface area contributed by atoms with Crippen LogP contribution in [0.25, 0.3) is 0 Å². The third kappa shape index (κ3) is 1.35. The molecule has 10 heavy (non-hydrogen) atoms. The minimum absolute atomic E-state index is 0.817. The molecule has 0 saturated carbocycles. The monoisotopic (exact) mass is 134 g/mol. The van der Waals surface area contributed by atoms with E-state index in [1.807, 2.05) is 31.2 Å². The number of nitrogens with one attached hydrogen (secondary N) is 1. The van der Waals surface area contributed by atoms with Gasteiger partial charge in [-0.05, 0) is 18.6 Å². The minimum Gasteiger partial charge on any atom is -0.318 e. The summed E-state index contributed by atoms with van der Waals surface area (Å²) in [6.07, 6.45) is 1.62. The Kier molecular flexibility index (Phi) is 2.05. The quantitative estimate of drug-likeness (QED) is 0.610. The largest absolute Gasteiger partial charge is 0.318 e. The van der Waals surface area contributed by atoms with Gasteiger partial charge in [0.15, 0.2) is 0 Å². The predicted molar refractivity (Wildman–Crippen MR) is 40.5 cm³/mol. The van der Waals surface area contributed by atoms with E-state index in [9.17, 15) is 4.79 Å². The van der Waals surface area contributed by atoms with Crippen molar-refractivity contribution < 1.29 is 4.79 Å². The van der Waals surface area contributed by atoms with Crippen LogP contribution < -0.4 is 5.32 Å². The summed E-state index contributed by atoms with van der Waals surface area (Å²) >= 11 is 0. The van der Waals surface area contributed by atoms with Crippen LogP contribution in [0.2, 0.25) is 0 Å². The molecule has 2 nitrogen and oxygen atoms in total. The second-order valence-electron chi connectivity index (χ2n) is 2.04. The smallest absolute Gasteiger partial charge is 0.314 e. The number of para-hydroxylation sites is 1. The van der Waals surface area contributed by atoms with Crippen molar-refractivity contribution in [3.8, 4) is 0 Å². The molecule has 0 atom stereocenters. The Hall–Kier alpha value is -1.31. The van der Waals surface area contributed by atoms with E-state index in [1.165, 1.54) is 0 Å². The Labute approximate surface area is 59.9 Å². The fourth-order valence-electron chi connectivity index (χ4n) is 0.768. The summed E-state index contributed by atoms with van der Waals surface area (Å²) < 4.78 is 0. The van der Waals surface area contributed by atoms with Gasteiger partial charge in [0.2, 0.25) is 0 Å². The van der Waals surface area contributed by atoms with E-state index < -0.39 is 0 Å². The van der Waals surface area contributed by atoms with Crippen LogP contribution in [-0.4, -0.2) is 6.41 Å². The Morgan fingerprint density at radius 1 is 1.40 bits per heavy atom. The molecule has 0 heterocycles. The molecule has 51 valence electrons. The molecular weight excluding hydrogens is 126 g/mol. The van der Waals surface area contributed by atoms with Crippen LogP contribution in [0.1, 0.15) is 5.56 Å². The zero-order valence-electron chi connectivity index (χ0n) is 5.72. The van der Waals surface area contributed by atoms with Gasteiger partial charge in [-0.15, -0.1) is 0 Å². The van der Waals surface area contributed by atoms with Crippen molar-refractivity contribution in [1.82, 2.24) is 0 Å². The number of anilines is 1. The first-order valence-electron chi connectivity index (χ1n) is 3.03. The van der Waals surface area contributed by atoms with Crippen LogP contribution in [0.5, 0.6) is 0 Å². The highest BCUT2D eigenvalue weighted by molar-refractivity contribution is 5.73. The van der Waals surface area contributed by atoms with E-state index in [0.29, 0.717) is 0 Å². The molecule has 0 aromatic heterocycles. The van der Waals surface area contributed by atoms with E-state index in [-0.39, 0.29) is 0 Å². The standard InChI is InChI=1S/C8H8NO/c1-7-4-2-3-5-8(7)9-6-10/h2-5H,1H3,(H,9,10). The first-order chi connectivity index (χ1) is 4.84. The Morgan fingerprint density at radius 3 is 2.70 bits per heavy atom. The average Bonchev–Trinajstić information content (AvgIpc) is 1.94. The van der Waals surface area contributed by atoms with Crippen molar-refractivity contribution in [2.24, 2.45) is 0 Å². The first kappa shape index (κ1) is 6.81. The highest BCUT2D eigenvalue weighted by Gasteiger charge is 1.91. The van der Waals surface area contributed by atoms with Crippen molar-refractivity contribution in [1.29, 1.82) is 0 Å². The predicted octanol–water partition coefficient (Wildman–Crippen LogP) is 1.47. The third-order valence-electron chi connectivity index (χ3n) is 1.33. The molecule has 0 bridgehead atoms. The zero-order chi connectivity index (χ0) is 7.40. The summed E-state index contributed by atoms with van der Waals surface area (Å²) in [7, 11) is 0. The summed E-state index contributed by atoms with van der Waals surface area (Å²) in [5, 5.41) is 2.47. The molecule has 1 rings (SSSR count). The van der Waals surface area contributed by atoms with E-state index in [4.69, 9.17) is 0 Å². The maximum atomic E-state index is 9.89. The number of rotatable bonds is 2. The molecule has 0 aliphatic rings. The van der Waals surface area contributed by atoms with Crippen LogP contribution in [-0.2, 0) is 4.79 Å². The minimum atomic E-state index is 0.817. The molecule has 0 fully saturated rings. The highest BCUT2D eigenvalue weighted by atomic mass is 16.1. The number of aryl methyl sites for hydroxylation is 1. The molecule has 0 saturated heterocycles. The molecule has 0 unspecified atom stereocenters. The lowest BCUT2D eigenvalue weighted by Crippen LogP contribution is -1.94. The van der Waals surface area contributed by atoms with Crippen molar-refractivity contribution in [2.45, 2.75) is 6.92 Å². The fourth-order valence-corrected chi connectivity index (χ4v) is 0.768. The van der Waals surface area contributed by atoms with Gasteiger partial charge in [-0.3, -0.25) is 4.79 Å². The summed E-state index contributed by atoms with van der Waals surface area (Å²) in [5.41, 5.74) is 1.86. The summed E-state index contributed by atoms with van der Waals surface area (Å²) in [4.78, 5) is 9.89. The number of hydrogen-bond acceptors (Lipinski definition) is 1. The van der Waals surface area contributed by atoms with Gasteiger partial charge in [-0.25, -0.2) is 0 Å². The van der Waals surface area contributed by atoms with Gasteiger partial charge < -0.3 is 5.32 Å². The molecule has 0 spiro atoms. The normalized spacial score (nSPS) is 8.90. The van der Waals surface area contributed by atoms with Crippen LogP contribution in [0.4, 0.5) is 5.69 Å². The topological polar surface area (TPSA) is 29.1 Å². The van der Waals surface area contributed by atoms with Gasteiger partial charge in [0, 0.05) is 5.69 Å².